The van der Waals surface area contributed by atoms with Gasteiger partial charge in [-0.1, -0.05) is 36.9 Å². The van der Waals surface area contributed by atoms with Crippen LogP contribution in [0.3, 0.4) is 0 Å². The van der Waals surface area contributed by atoms with Gasteiger partial charge in [0.1, 0.15) is 11.5 Å². The first-order valence-electron chi connectivity index (χ1n) is 6.57. The summed E-state index contributed by atoms with van der Waals surface area (Å²) in [5.41, 5.74) is 5.35. The predicted molar refractivity (Wildman–Crippen MR) is 81.6 cm³/mol. The highest BCUT2D eigenvalue weighted by Crippen LogP contribution is 2.40. The average molecular weight is 264 g/mol. The second-order valence-electron chi connectivity index (χ2n) is 5.15. The van der Waals surface area contributed by atoms with Gasteiger partial charge in [-0.2, -0.15) is 0 Å². The summed E-state index contributed by atoms with van der Waals surface area (Å²) in [6.07, 6.45) is 0.597. The Morgan fingerprint density at radius 3 is 2.45 bits per heavy atom. The van der Waals surface area contributed by atoms with Gasteiger partial charge in [0.2, 0.25) is 0 Å². The molecule has 1 aliphatic carbocycles. The molecule has 20 heavy (non-hydrogen) atoms. The molecule has 0 amide bonds. The Bertz CT molecular complexity index is 725. The van der Waals surface area contributed by atoms with E-state index in [2.05, 4.69) is 6.58 Å². The summed E-state index contributed by atoms with van der Waals surface area (Å²) in [5, 5.41) is 20.2. The van der Waals surface area contributed by atoms with Crippen LogP contribution < -0.4 is 0 Å². The molecule has 1 aliphatic rings. The molecule has 2 aromatic rings. The van der Waals surface area contributed by atoms with Crippen LogP contribution in [0, 0.1) is 6.92 Å². The molecule has 0 saturated carbocycles. The molecule has 100 valence electrons. The van der Waals surface area contributed by atoms with Crippen molar-refractivity contribution in [3.05, 3.63) is 77.1 Å². The molecule has 2 N–H and O–H groups in total. The zero-order chi connectivity index (χ0) is 14.3. The van der Waals surface area contributed by atoms with Crippen LogP contribution in [0.1, 0.15) is 22.3 Å². The van der Waals surface area contributed by atoms with E-state index in [0.29, 0.717) is 12.0 Å². The lowest BCUT2D eigenvalue weighted by Gasteiger charge is -2.24. The maximum Gasteiger partial charge on any atom is 0.126 e. The van der Waals surface area contributed by atoms with Gasteiger partial charge in [0.25, 0.3) is 0 Å². The number of allylic oxidation sites excluding steroid dienone is 2. The van der Waals surface area contributed by atoms with Gasteiger partial charge in [-0.3, -0.25) is 0 Å². The van der Waals surface area contributed by atoms with Crippen LogP contribution in [0.25, 0.3) is 11.1 Å². The van der Waals surface area contributed by atoms with Crippen molar-refractivity contribution < 1.29 is 10.2 Å². The van der Waals surface area contributed by atoms with Gasteiger partial charge in [-0.05, 0) is 41.3 Å². The molecule has 0 heterocycles. The number of hydrogen-bond donors (Lipinski definition) is 2. The standard InChI is InChI=1S/C18H16O2/c1-11-8-15(19)9-14-10-16(13-6-4-3-5-7-13)18(20)12(2)17(11)14/h3-9,19-20H,2,10H2,1H3. The van der Waals surface area contributed by atoms with Crippen LogP contribution in [0.4, 0.5) is 0 Å². The second kappa shape index (κ2) is 4.57. The molecule has 0 saturated heterocycles. The number of phenolic OH excluding ortho intramolecular Hbond substituents is 1. The molecular weight excluding hydrogens is 248 g/mol. The Morgan fingerprint density at radius 2 is 1.75 bits per heavy atom. The number of aliphatic hydroxyl groups excluding tert-OH is 1. The van der Waals surface area contributed by atoms with E-state index < -0.39 is 0 Å². The number of phenols is 1. The Morgan fingerprint density at radius 1 is 1.05 bits per heavy atom. The van der Waals surface area contributed by atoms with Crippen molar-refractivity contribution in [1.29, 1.82) is 0 Å². The quantitative estimate of drug-likeness (QED) is 0.808. The minimum atomic E-state index is 0.248. The number of rotatable bonds is 1. The lowest BCUT2D eigenvalue weighted by Crippen LogP contribution is -2.08. The second-order valence-corrected chi connectivity index (χ2v) is 5.15. The van der Waals surface area contributed by atoms with E-state index in [-0.39, 0.29) is 11.5 Å². The summed E-state index contributed by atoms with van der Waals surface area (Å²) in [6.45, 7) is 5.93. The van der Waals surface area contributed by atoms with Crippen molar-refractivity contribution in [3.63, 3.8) is 0 Å². The zero-order valence-electron chi connectivity index (χ0n) is 11.4. The molecule has 0 spiro atoms. The zero-order valence-corrected chi connectivity index (χ0v) is 11.4. The topological polar surface area (TPSA) is 40.5 Å². The normalized spacial score (nSPS) is 14.3. The first-order valence-corrected chi connectivity index (χ1v) is 6.57. The van der Waals surface area contributed by atoms with Gasteiger partial charge in [0.15, 0.2) is 0 Å². The molecule has 2 nitrogen and oxygen atoms in total. The summed E-state index contributed by atoms with van der Waals surface area (Å²) < 4.78 is 0. The van der Waals surface area contributed by atoms with Gasteiger partial charge >= 0.3 is 0 Å². The maximum absolute atomic E-state index is 10.4. The van der Waals surface area contributed by atoms with Crippen molar-refractivity contribution in [3.8, 4) is 5.75 Å². The largest absolute Gasteiger partial charge is 0.508 e. The SMILES string of the molecule is C=C1C(O)=C(c2ccccc2)Cc2cc(O)cc(C)c21. The summed E-state index contributed by atoms with van der Waals surface area (Å²) in [4.78, 5) is 0. The summed E-state index contributed by atoms with van der Waals surface area (Å²) in [6, 6.07) is 13.2. The Hall–Kier alpha value is -2.48. The lowest BCUT2D eigenvalue weighted by molar-refractivity contribution is 0.437. The maximum atomic E-state index is 10.4. The van der Waals surface area contributed by atoms with E-state index in [1.165, 1.54) is 0 Å². The third kappa shape index (κ3) is 1.90. The minimum Gasteiger partial charge on any atom is -0.508 e. The fourth-order valence-electron chi connectivity index (χ4n) is 2.86. The van der Waals surface area contributed by atoms with E-state index in [9.17, 15) is 10.2 Å². The van der Waals surface area contributed by atoms with Crippen molar-refractivity contribution in [2.24, 2.45) is 0 Å². The molecule has 0 atom stereocenters. The fourth-order valence-corrected chi connectivity index (χ4v) is 2.86. The summed E-state index contributed by atoms with van der Waals surface area (Å²) in [5.74, 6) is 0.500. The van der Waals surface area contributed by atoms with Crippen molar-refractivity contribution in [2.45, 2.75) is 13.3 Å². The number of hydrogen-bond acceptors (Lipinski definition) is 2. The first kappa shape index (κ1) is 12.5. The fraction of sp³-hybridized carbons (Fsp3) is 0.111. The molecular formula is C18H16O2. The molecule has 0 unspecified atom stereocenters. The molecule has 0 fully saturated rings. The number of benzene rings is 2. The van der Waals surface area contributed by atoms with Gasteiger partial charge < -0.3 is 10.2 Å². The Kier molecular flexibility index (Phi) is 2.87. The van der Waals surface area contributed by atoms with Crippen LogP contribution in [0.2, 0.25) is 0 Å². The van der Waals surface area contributed by atoms with Crippen LogP contribution >= 0.6 is 0 Å². The minimum absolute atomic E-state index is 0.248. The van der Waals surface area contributed by atoms with Crippen molar-refractivity contribution >= 4 is 11.1 Å². The number of fused-ring (bicyclic) bond motifs is 1. The predicted octanol–water partition coefficient (Wildman–Crippen LogP) is 4.24. The van der Waals surface area contributed by atoms with Crippen LogP contribution in [-0.2, 0) is 6.42 Å². The van der Waals surface area contributed by atoms with Gasteiger partial charge in [-0.25, -0.2) is 0 Å². The monoisotopic (exact) mass is 264 g/mol. The highest BCUT2D eigenvalue weighted by molar-refractivity contribution is 5.92. The molecule has 0 bridgehead atoms. The Balaban J connectivity index is 2.18. The van der Waals surface area contributed by atoms with E-state index in [1.807, 2.05) is 37.3 Å². The van der Waals surface area contributed by atoms with Gasteiger partial charge in [0.05, 0.1) is 0 Å². The summed E-state index contributed by atoms with van der Waals surface area (Å²) >= 11 is 0. The first-order chi connectivity index (χ1) is 9.58. The van der Waals surface area contributed by atoms with E-state index in [1.54, 1.807) is 12.1 Å². The number of aliphatic hydroxyl groups is 1. The van der Waals surface area contributed by atoms with E-state index in [0.717, 1.165) is 27.8 Å². The van der Waals surface area contributed by atoms with E-state index in [4.69, 9.17) is 0 Å². The molecule has 2 aromatic carbocycles. The van der Waals surface area contributed by atoms with Crippen molar-refractivity contribution in [1.82, 2.24) is 0 Å². The molecule has 0 aromatic heterocycles. The third-order valence-electron chi connectivity index (χ3n) is 3.76. The summed E-state index contributed by atoms with van der Waals surface area (Å²) in [7, 11) is 0. The smallest absolute Gasteiger partial charge is 0.126 e. The highest BCUT2D eigenvalue weighted by atomic mass is 16.3. The van der Waals surface area contributed by atoms with Crippen LogP contribution in [0.5, 0.6) is 5.75 Å². The number of aryl methyl sites for hydroxylation is 1. The Labute approximate surface area is 118 Å². The number of aromatic hydroxyl groups is 1. The van der Waals surface area contributed by atoms with Crippen LogP contribution in [0.15, 0.2) is 54.8 Å². The van der Waals surface area contributed by atoms with Crippen molar-refractivity contribution in [2.75, 3.05) is 0 Å². The van der Waals surface area contributed by atoms with Gasteiger partial charge in [-0.15, -0.1) is 0 Å². The average Bonchev–Trinajstić information content (AvgIpc) is 2.43. The third-order valence-corrected chi connectivity index (χ3v) is 3.76. The highest BCUT2D eigenvalue weighted by Gasteiger charge is 2.24. The van der Waals surface area contributed by atoms with E-state index >= 15 is 0 Å². The van der Waals surface area contributed by atoms with Crippen LogP contribution in [-0.4, -0.2) is 10.2 Å². The molecule has 0 radical (unpaired) electrons. The molecule has 0 aliphatic heterocycles. The molecule has 2 heteroatoms. The van der Waals surface area contributed by atoms with Gasteiger partial charge in [0, 0.05) is 17.6 Å². The molecule has 3 rings (SSSR count). The lowest BCUT2D eigenvalue weighted by atomic mass is 9.82.